The highest BCUT2D eigenvalue weighted by Gasteiger charge is 2.57. The summed E-state index contributed by atoms with van der Waals surface area (Å²) in [7, 11) is 1.45. The molecule has 5 heterocycles. The van der Waals surface area contributed by atoms with Gasteiger partial charge < -0.3 is 24.1 Å². The zero-order valence-corrected chi connectivity index (χ0v) is 83.3. The fourth-order valence-corrected chi connectivity index (χ4v) is 38.0. The molecule has 8 aliphatic carbocycles. The molecule has 0 spiro atoms. The number of hydrogen-bond donors (Lipinski definition) is 1. The maximum atomic E-state index is 13.4. The Kier molecular flexibility index (Phi) is 24.2. The Morgan fingerprint density at radius 1 is 0.287 bits per heavy atom. The van der Waals surface area contributed by atoms with E-state index in [4.69, 9.17) is 18.9 Å². The molecule has 5 aromatic heterocycles. The third-order valence-corrected chi connectivity index (χ3v) is 42.3. The summed E-state index contributed by atoms with van der Waals surface area (Å²) in [5.74, 6) is 9.27. The molecule has 0 saturated heterocycles. The first-order valence-electron chi connectivity index (χ1n) is 48.7. The smallest absolute Gasteiger partial charge is 0.344 e. The first kappa shape index (κ1) is 89.0. The molecule has 0 aliphatic heterocycles. The molecule has 8 fully saturated rings. The molecule has 28 rings (SSSR count). The van der Waals surface area contributed by atoms with Crippen molar-refractivity contribution in [3.05, 3.63) is 366 Å². The summed E-state index contributed by atoms with van der Waals surface area (Å²) in [5, 5.41) is 23.6. The fraction of sp³-hybridized carbons (Fsp3) is 0.258. The number of ketones is 1. The van der Waals surface area contributed by atoms with Crippen LogP contribution in [-0.4, -0.2) is 42.8 Å². The minimum atomic E-state index is -0.313. The molecular formula is C124H117O7S5+5. The molecule has 7 nitrogen and oxygen atoms in total. The van der Waals surface area contributed by atoms with Crippen molar-refractivity contribution in [3.63, 3.8) is 0 Å². The fourth-order valence-electron chi connectivity index (χ4n) is 25.4. The zero-order chi connectivity index (χ0) is 92.9. The van der Waals surface area contributed by atoms with E-state index < -0.39 is 0 Å². The average Bonchev–Trinajstić information content (AvgIpc) is 1.58. The Bertz CT molecular complexity index is 7640. The van der Waals surface area contributed by atoms with Crippen molar-refractivity contribution >= 4 is 165 Å². The summed E-state index contributed by atoms with van der Waals surface area (Å²) in [6.07, 6.45) is 12.8. The third-order valence-electron chi connectivity index (χ3n) is 30.8. The first-order chi connectivity index (χ1) is 66.3. The molecule has 15 aromatic carbocycles. The molecule has 680 valence electrons. The van der Waals surface area contributed by atoms with Gasteiger partial charge in [0.1, 0.15) is 35.2 Å². The van der Waals surface area contributed by atoms with Gasteiger partial charge in [0, 0.05) is 161 Å². The molecule has 8 aliphatic rings. The zero-order valence-electron chi connectivity index (χ0n) is 79.2. The molecule has 136 heavy (non-hydrogen) atoms. The van der Waals surface area contributed by atoms with Gasteiger partial charge in [-0.05, 0) is 352 Å². The lowest BCUT2D eigenvalue weighted by atomic mass is 9.50. The molecule has 8 bridgehead atoms. The van der Waals surface area contributed by atoms with Crippen molar-refractivity contribution < 1.29 is 33.6 Å². The number of carbonyl (C=O) groups is 2. The number of aryl methyl sites for hydroxylation is 8. The van der Waals surface area contributed by atoms with Gasteiger partial charge in [-0.15, -0.1) is 0 Å². The van der Waals surface area contributed by atoms with Gasteiger partial charge in [-0.2, -0.15) is 0 Å². The lowest BCUT2D eigenvalue weighted by Gasteiger charge is -2.59. The van der Waals surface area contributed by atoms with Crippen LogP contribution in [0.25, 0.3) is 125 Å². The predicted octanol–water partition coefficient (Wildman–Crippen LogP) is 35.0. The van der Waals surface area contributed by atoms with E-state index in [0.717, 1.165) is 74.3 Å². The number of carbonyl (C=O) groups excluding carboxylic acids is 2. The average molecular weight is 1880 g/mol. The number of Topliss-reactive ketones (excluding diaryl/α,β-unsaturated/α-hetero) is 1. The molecular weight excluding hydrogens is 1760 g/mol. The SMILES string of the molecule is COc1c(C)cc(-[s+]2c3ccccc3c3ccccc32)cc1C.Cc1cc(-[s+]2c3ccccc3c3ccccc32)cc(C)c1O.Cc1cc(-[s+]2c3ccccc3c3ccccc32)cc(C)c1OCC(=O)C1C2CC3CC(C2)CC1C3.Cc1cc(-[s+]2c3ccccc3c3ccccc32)cc(C)c1OCC(=O)OC1(C)C2CC3CC(C2)CC1C3.c1ccc(-[s+]2c3ccccc3c3ccccc32)cc1. The molecule has 12 heteroatoms. The lowest BCUT2D eigenvalue weighted by Crippen LogP contribution is -2.58. The number of phenols is 1. The standard InChI is InChI=1S/C33H35O3S.C32H33O2S.C21H19OS.C20H16OS.C18H13S/c1-20-12-26(37-29-10-6-4-8-27(29)28-9-5-7-11-30(28)37)13-21(2)32(20)35-19-31(34)36-33(3)24-15-22-14-23(17-24)18-25(33)16-22;1-19-11-25(35-29-9-5-3-7-26(29)27-8-4-6-10-30(27)35)12-20(2)32(19)34-18-28(33)31-23-14-21-13-22(16-23)17-24(31)15-21;1-14-12-16(13-15(2)21(14)22-3)23-19-10-6-4-8-17(19)18-9-5-7-11-20(18)23;1-13-11-15(12-14(2)20(13)21)22-18-9-5-3-7-16(18)17-8-4-6-10-19(17)22;1-2-8-14(9-3-1)19-17-12-6-4-10-15(17)16-11-5-7-13-18(16)19/h4-13,22-25H,14-19H2,1-3H3;3-12,21-24,31H,13-18H2,1-2H3;4-13H,1-3H3;3-12H,1-2H3;1-13H/q3*+1;;+1/p+1. The van der Waals surface area contributed by atoms with E-state index in [1.165, 1.54) is 201 Å². The van der Waals surface area contributed by atoms with Crippen molar-refractivity contribution in [2.24, 2.45) is 53.3 Å². The number of benzene rings is 15. The predicted molar refractivity (Wildman–Crippen MR) is 581 cm³/mol. The van der Waals surface area contributed by atoms with E-state index in [0.29, 0.717) is 35.2 Å². The van der Waals surface area contributed by atoms with Crippen LogP contribution < -0.4 is 14.2 Å². The highest BCUT2D eigenvalue weighted by molar-refractivity contribution is 7.52. The summed E-state index contributed by atoms with van der Waals surface area (Å²) < 4.78 is 38.3. The first-order valence-corrected chi connectivity index (χ1v) is 54.8. The van der Waals surface area contributed by atoms with Crippen LogP contribution in [0.2, 0.25) is 0 Å². The topological polar surface area (TPSA) is 91.3 Å². The van der Waals surface area contributed by atoms with Gasteiger partial charge in [-0.25, -0.2) is 4.79 Å². The van der Waals surface area contributed by atoms with Gasteiger partial charge in [0.25, 0.3) is 0 Å². The highest BCUT2D eigenvalue weighted by Crippen LogP contribution is 2.62. The van der Waals surface area contributed by atoms with Crippen LogP contribution in [0.4, 0.5) is 0 Å². The van der Waals surface area contributed by atoms with Crippen LogP contribution in [0.1, 0.15) is 116 Å². The summed E-state index contributed by atoms with van der Waals surface area (Å²) >= 11 is 0. The normalized spacial score (nSPS) is 19.9. The van der Waals surface area contributed by atoms with E-state index in [9.17, 15) is 14.7 Å². The van der Waals surface area contributed by atoms with E-state index in [-0.39, 0.29) is 83.1 Å². The molecule has 0 unspecified atom stereocenters. The van der Waals surface area contributed by atoms with Crippen molar-refractivity contribution in [2.45, 2.75) is 132 Å². The maximum Gasteiger partial charge on any atom is 0.344 e. The number of methoxy groups -OCH3 is 1. The molecule has 0 atom stereocenters. The van der Waals surface area contributed by atoms with Gasteiger partial charge in [0.2, 0.25) is 0 Å². The van der Waals surface area contributed by atoms with Crippen LogP contribution >= 0.6 is 52.3 Å². The van der Waals surface area contributed by atoms with Crippen LogP contribution in [0.3, 0.4) is 0 Å². The van der Waals surface area contributed by atoms with Gasteiger partial charge in [-0.3, -0.25) is 4.79 Å². The Morgan fingerprint density at radius 2 is 0.515 bits per heavy atom. The van der Waals surface area contributed by atoms with Gasteiger partial charge in [-0.1, -0.05) is 140 Å². The Morgan fingerprint density at radius 3 is 0.787 bits per heavy atom. The van der Waals surface area contributed by atoms with Crippen molar-refractivity contribution in [3.8, 4) is 47.5 Å². The molecule has 8 saturated carbocycles. The molecule has 1 N–H and O–H groups in total. The second kappa shape index (κ2) is 37.0. The summed E-state index contributed by atoms with van der Waals surface area (Å²) in [4.78, 5) is 33.1. The van der Waals surface area contributed by atoms with E-state index in [1.54, 1.807) is 7.11 Å². The molecule has 20 aromatic rings. The number of phenolic OH excluding ortho intramolecular Hbond substituents is 1. The number of rotatable bonds is 14. The largest absolute Gasteiger partial charge is 0.507 e. The molecule has 0 radical (unpaired) electrons. The van der Waals surface area contributed by atoms with Crippen LogP contribution in [0.5, 0.6) is 23.0 Å². The Balaban J connectivity index is 0.000000101. The minimum absolute atomic E-state index is 0.0269. The Labute approximate surface area is 811 Å². The maximum absolute atomic E-state index is 13.4. The summed E-state index contributed by atoms with van der Waals surface area (Å²) in [5.41, 5.74) is 8.39. The van der Waals surface area contributed by atoms with Crippen molar-refractivity contribution in [1.29, 1.82) is 0 Å². The summed E-state index contributed by atoms with van der Waals surface area (Å²) in [6, 6.07) is 116. The number of aromatic hydroxyl groups is 1. The van der Waals surface area contributed by atoms with Gasteiger partial charge in [0.05, 0.1) is 7.11 Å². The van der Waals surface area contributed by atoms with Crippen LogP contribution in [0, 0.1) is 109 Å². The Hall–Kier alpha value is -12.3. The van der Waals surface area contributed by atoms with Crippen LogP contribution in [-0.2, 0) is 14.3 Å². The number of hydrogen-bond acceptors (Lipinski definition) is 7. The molecule has 0 amide bonds. The summed E-state index contributed by atoms with van der Waals surface area (Å²) in [6.45, 7) is 19.1. The second-order valence-electron chi connectivity index (χ2n) is 39.5. The third kappa shape index (κ3) is 16.2. The quantitative estimate of drug-likeness (QED) is 0.0857. The number of esters is 1. The van der Waals surface area contributed by atoms with Crippen LogP contribution in [0.15, 0.2) is 322 Å². The van der Waals surface area contributed by atoms with Gasteiger partial charge >= 0.3 is 5.97 Å². The van der Waals surface area contributed by atoms with Crippen molar-refractivity contribution in [2.75, 3.05) is 20.3 Å². The van der Waals surface area contributed by atoms with E-state index >= 15 is 0 Å². The van der Waals surface area contributed by atoms with E-state index in [1.807, 2.05) is 13.8 Å². The monoisotopic (exact) mass is 1880 g/mol. The second-order valence-corrected chi connectivity index (χ2v) is 49.4. The van der Waals surface area contributed by atoms with E-state index in [2.05, 4.69) is 370 Å². The number of thiophene rings is 5. The van der Waals surface area contributed by atoms with Gasteiger partial charge in [0.15, 0.2) is 83.9 Å². The van der Waals surface area contributed by atoms with Crippen molar-refractivity contribution in [1.82, 2.24) is 0 Å². The highest BCUT2D eigenvalue weighted by atomic mass is 32.2. The number of ether oxygens (including phenoxy) is 4. The minimum Gasteiger partial charge on any atom is -0.507 e. The lowest BCUT2D eigenvalue weighted by molar-refractivity contribution is -0.204. The number of fused-ring (bicyclic) bond motifs is 15.